The lowest BCUT2D eigenvalue weighted by molar-refractivity contribution is 1.31. The number of hydrogen-bond acceptors (Lipinski definition) is 4. The molecule has 0 bridgehead atoms. The van der Waals surface area contributed by atoms with Crippen molar-refractivity contribution in [3.8, 4) is 6.07 Å². The van der Waals surface area contributed by atoms with E-state index in [4.69, 9.17) is 11.0 Å². The SMILES string of the molecule is N#Cc1cccc(Nc2cccc(N)n2)c1. The van der Waals surface area contributed by atoms with E-state index in [0.717, 1.165) is 5.69 Å². The first-order chi connectivity index (χ1) is 7.78. The Morgan fingerprint density at radius 2 is 2.00 bits per heavy atom. The molecular weight excluding hydrogens is 200 g/mol. The summed E-state index contributed by atoms with van der Waals surface area (Å²) in [5.74, 6) is 1.12. The van der Waals surface area contributed by atoms with Gasteiger partial charge in [0.2, 0.25) is 0 Å². The molecule has 0 radical (unpaired) electrons. The van der Waals surface area contributed by atoms with Crippen LogP contribution in [0, 0.1) is 11.3 Å². The third-order valence-corrected chi connectivity index (χ3v) is 2.03. The van der Waals surface area contributed by atoms with Gasteiger partial charge >= 0.3 is 0 Å². The van der Waals surface area contributed by atoms with Gasteiger partial charge < -0.3 is 11.1 Å². The van der Waals surface area contributed by atoms with Crippen molar-refractivity contribution in [3.05, 3.63) is 48.0 Å². The average molecular weight is 210 g/mol. The van der Waals surface area contributed by atoms with Crippen LogP contribution in [0.3, 0.4) is 0 Å². The predicted molar refractivity (Wildman–Crippen MR) is 63.1 cm³/mol. The summed E-state index contributed by atoms with van der Waals surface area (Å²) in [7, 11) is 0. The van der Waals surface area contributed by atoms with E-state index in [-0.39, 0.29) is 0 Å². The third-order valence-electron chi connectivity index (χ3n) is 2.03. The molecule has 16 heavy (non-hydrogen) atoms. The van der Waals surface area contributed by atoms with Crippen LogP contribution in [0.25, 0.3) is 0 Å². The monoisotopic (exact) mass is 210 g/mol. The molecule has 1 heterocycles. The van der Waals surface area contributed by atoms with Crippen molar-refractivity contribution >= 4 is 17.3 Å². The van der Waals surface area contributed by atoms with Crippen LogP contribution in [0.4, 0.5) is 17.3 Å². The fourth-order valence-corrected chi connectivity index (χ4v) is 1.34. The van der Waals surface area contributed by atoms with Crippen LogP contribution in [0.2, 0.25) is 0 Å². The zero-order valence-corrected chi connectivity index (χ0v) is 8.51. The number of pyridine rings is 1. The maximum Gasteiger partial charge on any atom is 0.132 e. The Balaban J connectivity index is 2.24. The van der Waals surface area contributed by atoms with Gasteiger partial charge in [0.1, 0.15) is 11.6 Å². The molecule has 2 aromatic rings. The van der Waals surface area contributed by atoms with E-state index in [1.165, 1.54) is 0 Å². The van der Waals surface area contributed by atoms with Crippen molar-refractivity contribution in [2.24, 2.45) is 0 Å². The van der Waals surface area contributed by atoms with Crippen LogP contribution in [0.5, 0.6) is 0 Å². The van der Waals surface area contributed by atoms with Crippen molar-refractivity contribution in [2.75, 3.05) is 11.1 Å². The summed E-state index contributed by atoms with van der Waals surface area (Å²) in [6, 6.07) is 14.6. The summed E-state index contributed by atoms with van der Waals surface area (Å²) >= 11 is 0. The first-order valence-electron chi connectivity index (χ1n) is 4.77. The lowest BCUT2D eigenvalue weighted by Gasteiger charge is -2.05. The highest BCUT2D eigenvalue weighted by Gasteiger charge is 1.97. The zero-order valence-electron chi connectivity index (χ0n) is 8.51. The Labute approximate surface area is 93.4 Å². The molecule has 2 rings (SSSR count). The van der Waals surface area contributed by atoms with E-state index < -0.39 is 0 Å². The highest BCUT2D eigenvalue weighted by Crippen LogP contribution is 2.16. The predicted octanol–water partition coefficient (Wildman–Crippen LogP) is 2.28. The summed E-state index contributed by atoms with van der Waals surface area (Å²) < 4.78 is 0. The maximum absolute atomic E-state index is 8.76. The normalized spacial score (nSPS) is 9.44. The van der Waals surface area contributed by atoms with E-state index in [2.05, 4.69) is 16.4 Å². The first kappa shape index (κ1) is 9.99. The van der Waals surface area contributed by atoms with Gasteiger partial charge in [-0.2, -0.15) is 5.26 Å². The third kappa shape index (κ3) is 2.28. The number of benzene rings is 1. The molecule has 0 aliphatic rings. The summed E-state index contributed by atoms with van der Waals surface area (Å²) in [6.45, 7) is 0. The molecule has 3 N–H and O–H groups in total. The average Bonchev–Trinajstić information content (AvgIpc) is 2.29. The highest BCUT2D eigenvalue weighted by atomic mass is 15.0. The molecular formula is C12H10N4. The van der Waals surface area contributed by atoms with Crippen LogP contribution >= 0.6 is 0 Å². The molecule has 0 amide bonds. The van der Waals surface area contributed by atoms with Gasteiger partial charge in [-0.3, -0.25) is 0 Å². The Bertz CT molecular complexity index is 543. The van der Waals surface area contributed by atoms with Crippen LogP contribution in [0.1, 0.15) is 5.56 Å². The number of hydrogen-bond donors (Lipinski definition) is 2. The van der Waals surface area contributed by atoms with E-state index in [9.17, 15) is 0 Å². The van der Waals surface area contributed by atoms with Crippen molar-refractivity contribution < 1.29 is 0 Å². The molecule has 0 unspecified atom stereocenters. The van der Waals surface area contributed by atoms with Gasteiger partial charge in [0.15, 0.2) is 0 Å². The standard InChI is InChI=1S/C12H10N4/c13-8-9-3-1-4-10(7-9)15-12-6-2-5-11(14)16-12/h1-7H,(H3,14,15,16). The van der Waals surface area contributed by atoms with Crippen molar-refractivity contribution in [1.82, 2.24) is 4.98 Å². The van der Waals surface area contributed by atoms with Crippen LogP contribution in [0.15, 0.2) is 42.5 Å². The molecule has 1 aromatic carbocycles. The first-order valence-corrected chi connectivity index (χ1v) is 4.77. The minimum Gasteiger partial charge on any atom is -0.384 e. The van der Waals surface area contributed by atoms with Crippen molar-refractivity contribution in [2.45, 2.75) is 0 Å². The quantitative estimate of drug-likeness (QED) is 0.797. The van der Waals surface area contributed by atoms with Crippen LogP contribution in [-0.4, -0.2) is 4.98 Å². The minimum absolute atomic E-state index is 0.460. The van der Waals surface area contributed by atoms with E-state index >= 15 is 0 Å². The lowest BCUT2D eigenvalue weighted by Crippen LogP contribution is -1.96. The molecule has 1 aromatic heterocycles. The van der Waals surface area contributed by atoms with Crippen LogP contribution in [-0.2, 0) is 0 Å². The molecule has 0 fully saturated rings. The van der Waals surface area contributed by atoms with Gasteiger partial charge in [0.05, 0.1) is 11.6 Å². The molecule has 0 saturated carbocycles. The topological polar surface area (TPSA) is 74.7 Å². The summed E-state index contributed by atoms with van der Waals surface area (Å²) in [6.07, 6.45) is 0. The smallest absolute Gasteiger partial charge is 0.132 e. The van der Waals surface area contributed by atoms with Gasteiger partial charge in [0, 0.05) is 5.69 Å². The van der Waals surface area contributed by atoms with Gasteiger partial charge in [-0.1, -0.05) is 12.1 Å². The van der Waals surface area contributed by atoms with E-state index in [1.54, 1.807) is 18.2 Å². The second-order valence-electron chi connectivity index (χ2n) is 3.27. The van der Waals surface area contributed by atoms with Crippen LogP contribution < -0.4 is 11.1 Å². The summed E-state index contributed by atoms with van der Waals surface area (Å²) in [5.41, 5.74) is 6.99. The minimum atomic E-state index is 0.460. The lowest BCUT2D eigenvalue weighted by atomic mass is 10.2. The number of nitrogens with two attached hydrogens (primary N) is 1. The number of rotatable bonds is 2. The Morgan fingerprint density at radius 1 is 1.19 bits per heavy atom. The Kier molecular flexibility index (Phi) is 2.70. The van der Waals surface area contributed by atoms with Gasteiger partial charge in [0.25, 0.3) is 0 Å². The van der Waals surface area contributed by atoms with Gasteiger partial charge in [-0.25, -0.2) is 4.98 Å². The van der Waals surface area contributed by atoms with Gasteiger partial charge in [-0.05, 0) is 30.3 Å². The zero-order chi connectivity index (χ0) is 11.4. The number of anilines is 3. The molecule has 78 valence electrons. The maximum atomic E-state index is 8.76. The molecule has 0 aliphatic heterocycles. The van der Waals surface area contributed by atoms with Gasteiger partial charge in [-0.15, -0.1) is 0 Å². The Hall–Kier alpha value is -2.54. The molecule has 0 atom stereocenters. The number of nitrogens with zero attached hydrogens (tertiary/aromatic N) is 2. The summed E-state index contributed by atoms with van der Waals surface area (Å²) in [5, 5.41) is 11.8. The van der Waals surface area contributed by atoms with E-state index in [0.29, 0.717) is 17.2 Å². The molecule has 0 spiro atoms. The fraction of sp³-hybridized carbons (Fsp3) is 0. The summed E-state index contributed by atoms with van der Waals surface area (Å²) in [4.78, 5) is 4.11. The molecule has 0 aliphatic carbocycles. The Morgan fingerprint density at radius 3 is 2.75 bits per heavy atom. The molecule has 4 heteroatoms. The molecule has 0 saturated heterocycles. The van der Waals surface area contributed by atoms with Crippen molar-refractivity contribution in [1.29, 1.82) is 5.26 Å². The van der Waals surface area contributed by atoms with E-state index in [1.807, 2.05) is 24.3 Å². The van der Waals surface area contributed by atoms with Crippen molar-refractivity contribution in [3.63, 3.8) is 0 Å². The fourth-order valence-electron chi connectivity index (χ4n) is 1.34. The number of aromatic nitrogens is 1. The number of nitrogens with one attached hydrogen (secondary N) is 1. The molecule has 4 nitrogen and oxygen atoms in total. The highest BCUT2D eigenvalue weighted by molar-refractivity contribution is 5.59. The second kappa shape index (κ2) is 4.32. The number of nitrogen functional groups attached to an aromatic ring is 1. The second-order valence-corrected chi connectivity index (χ2v) is 3.27. The number of nitriles is 1. The largest absolute Gasteiger partial charge is 0.384 e.